The smallest absolute Gasteiger partial charge is 0.410 e. The minimum Gasteiger partial charge on any atom is -0.444 e. The molecule has 1 aromatic carbocycles. The van der Waals surface area contributed by atoms with Gasteiger partial charge in [-0.15, -0.1) is 0 Å². The number of nitrogens with one attached hydrogen (secondary N) is 1. The average Bonchev–Trinajstić information content (AvgIpc) is 2.50. The van der Waals surface area contributed by atoms with Gasteiger partial charge in [0.2, 0.25) is 0 Å². The number of amides is 2. The summed E-state index contributed by atoms with van der Waals surface area (Å²) in [5.41, 5.74) is -1.30. The van der Waals surface area contributed by atoms with Crippen LogP contribution in [-0.4, -0.2) is 52.8 Å². The highest BCUT2D eigenvalue weighted by atomic mass is 35.5. The molecule has 1 heterocycles. The van der Waals surface area contributed by atoms with E-state index in [9.17, 15) is 14.7 Å². The van der Waals surface area contributed by atoms with Gasteiger partial charge < -0.3 is 20.1 Å². The molecule has 1 aromatic rings. The van der Waals surface area contributed by atoms with Gasteiger partial charge in [-0.25, -0.2) is 4.79 Å². The molecule has 0 radical (unpaired) electrons. The fraction of sp³-hybridized carbons (Fsp3) is 0.556. The molecule has 144 valence electrons. The number of hydrogen-bond donors (Lipinski definition) is 2. The van der Waals surface area contributed by atoms with Gasteiger partial charge in [0.1, 0.15) is 5.60 Å². The molecule has 0 spiro atoms. The third kappa shape index (κ3) is 6.04. The standard InChI is InChI=1S/C18H24Cl2N2O4/c1-17(2,3)26-16(24)22-6-4-18(25,5-7-22)11-21-15(23)12-8-13(19)10-14(20)9-12/h8-10,25H,4-7,11H2,1-3H3,(H,21,23). The van der Waals surface area contributed by atoms with Crippen LogP contribution in [0.2, 0.25) is 10.0 Å². The molecule has 0 saturated carbocycles. The van der Waals surface area contributed by atoms with E-state index in [1.54, 1.807) is 11.0 Å². The summed E-state index contributed by atoms with van der Waals surface area (Å²) in [5.74, 6) is -0.364. The molecular formula is C18H24Cl2N2O4. The van der Waals surface area contributed by atoms with Gasteiger partial charge in [0.25, 0.3) is 5.91 Å². The normalized spacial score (nSPS) is 16.9. The van der Waals surface area contributed by atoms with Gasteiger partial charge >= 0.3 is 6.09 Å². The number of likely N-dealkylation sites (tertiary alicyclic amines) is 1. The second-order valence-corrected chi connectivity index (χ2v) is 8.41. The summed E-state index contributed by atoms with van der Waals surface area (Å²) < 4.78 is 5.33. The van der Waals surface area contributed by atoms with Crippen molar-refractivity contribution in [3.63, 3.8) is 0 Å². The molecule has 8 heteroatoms. The molecule has 0 unspecified atom stereocenters. The summed E-state index contributed by atoms with van der Waals surface area (Å²) in [6, 6.07) is 4.57. The topological polar surface area (TPSA) is 78.9 Å². The lowest BCUT2D eigenvalue weighted by Crippen LogP contribution is -2.52. The number of aliphatic hydroxyl groups is 1. The van der Waals surface area contributed by atoms with Gasteiger partial charge in [0, 0.05) is 35.2 Å². The van der Waals surface area contributed by atoms with Crippen molar-refractivity contribution in [3.05, 3.63) is 33.8 Å². The predicted octanol–water partition coefficient (Wildman–Crippen LogP) is 3.49. The molecule has 1 aliphatic heterocycles. The van der Waals surface area contributed by atoms with Crippen LogP contribution in [-0.2, 0) is 4.74 Å². The summed E-state index contributed by atoms with van der Waals surface area (Å²) in [4.78, 5) is 25.9. The summed E-state index contributed by atoms with van der Waals surface area (Å²) in [7, 11) is 0. The second kappa shape index (κ2) is 8.03. The van der Waals surface area contributed by atoms with E-state index >= 15 is 0 Å². The highest BCUT2D eigenvalue weighted by Crippen LogP contribution is 2.24. The molecule has 2 amide bonds. The third-order valence-corrected chi connectivity index (χ3v) is 4.49. The van der Waals surface area contributed by atoms with E-state index in [2.05, 4.69) is 5.32 Å². The second-order valence-electron chi connectivity index (χ2n) is 7.53. The van der Waals surface area contributed by atoms with E-state index in [1.165, 1.54) is 12.1 Å². The van der Waals surface area contributed by atoms with Gasteiger partial charge in [0.15, 0.2) is 0 Å². The first-order chi connectivity index (χ1) is 12.0. The van der Waals surface area contributed by atoms with Crippen molar-refractivity contribution in [2.75, 3.05) is 19.6 Å². The van der Waals surface area contributed by atoms with Crippen LogP contribution in [0.3, 0.4) is 0 Å². The molecule has 0 aliphatic carbocycles. The maximum Gasteiger partial charge on any atom is 0.410 e. The van der Waals surface area contributed by atoms with Gasteiger partial charge in [-0.1, -0.05) is 23.2 Å². The van der Waals surface area contributed by atoms with Crippen molar-refractivity contribution in [3.8, 4) is 0 Å². The minimum atomic E-state index is -1.07. The van der Waals surface area contributed by atoms with E-state index in [1.807, 2.05) is 20.8 Å². The lowest BCUT2D eigenvalue weighted by atomic mass is 9.91. The lowest BCUT2D eigenvalue weighted by molar-refractivity contribution is -0.0303. The number of carbonyl (C=O) groups excluding carboxylic acids is 2. The molecule has 0 atom stereocenters. The highest BCUT2D eigenvalue weighted by Gasteiger charge is 2.35. The molecule has 0 bridgehead atoms. The van der Waals surface area contributed by atoms with Crippen LogP contribution < -0.4 is 5.32 Å². The van der Waals surface area contributed by atoms with Crippen LogP contribution in [0, 0.1) is 0 Å². The molecule has 1 saturated heterocycles. The maximum absolute atomic E-state index is 12.2. The zero-order valence-electron chi connectivity index (χ0n) is 15.1. The summed E-state index contributed by atoms with van der Waals surface area (Å²) in [6.45, 7) is 6.24. The SMILES string of the molecule is CC(C)(C)OC(=O)N1CCC(O)(CNC(=O)c2cc(Cl)cc(Cl)c2)CC1. The molecule has 1 aliphatic rings. The quantitative estimate of drug-likeness (QED) is 0.810. The zero-order valence-corrected chi connectivity index (χ0v) is 16.7. The molecule has 6 nitrogen and oxygen atoms in total. The number of ether oxygens (including phenoxy) is 1. The first kappa shape index (κ1) is 20.8. The van der Waals surface area contributed by atoms with Gasteiger partial charge in [-0.05, 0) is 51.8 Å². The summed E-state index contributed by atoms with van der Waals surface area (Å²) in [5, 5.41) is 14.1. The van der Waals surface area contributed by atoms with Crippen molar-refractivity contribution in [2.45, 2.75) is 44.8 Å². The number of benzene rings is 1. The van der Waals surface area contributed by atoms with Crippen LogP contribution in [0.5, 0.6) is 0 Å². The Labute approximate surface area is 163 Å². The van der Waals surface area contributed by atoms with Crippen LogP contribution in [0.1, 0.15) is 44.0 Å². The Morgan fingerprint density at radius 3 is 2.23 bits per heavy atom. The first-order valence-corrected chi connectivity index (χ1v) is 9.18. The van der Waals surface area contributed by atoms with Crippen LogP contribution in [0.25, 0.3) is 0 Å². The van der Waals surface area contributed by atoms with E-state index < -0.39 is 17.3 Å². The van der Waals surface area contributed by atoms with E-state index in [0.717, 1.165) is 0 Å². The number of hydrogen-bond acceptors (Lipinski definition) is 4. The Bertz CT molecular complexity index is 660. The van der Waals surface area contributed by atoms with Crippen LogP contribution in [0.4, 0.5) is 4.79 Å². The van der Waals surface area contributed by atoms with Crippen molar-refractivity contribution in [1.82, 2.24) is 10.2 Å². The molecule has 26 heavy (non-hydrogen) atoms. The van der Waals surface area contributed by atoms with Crippen molar-refractivity contribution in [2.24, 2.45) is 0 Å². The number of nitrogens with zero attached hydrogens (tertiary/aromatic N) is 1. The van der Waals surface area contributed by atoms with Crippen molar-refractivity contribution in [1.29, 1.82) is 0 Å². The first-order valence-electron chi connectivity index (χ1n) is 8.42. The number of halogens is 2. The van der Waals surface area contributed by atoms with Gasteiger partial charge in [-0.2, -0.15) is 0 Å². The fourth-order valence-electron chi connectivity index (χ4n) is 2.64. The minimum absolute atomic E-state index is 0.0815. The van der Waals surface area contributed by atoms with Crippen molar-refractivity contribution >= 4 is 35.2 Å². The maximum atomic E-state index is 12.2. The monoisotopic (exact) mass is 402 g/mol. The van der Waals surface area contributed by atoms with Crippen molar-refractivity contribution < 1.29 is 19.4 Å². The van der Waals surface area contributed by atoms with Gasteiger partial charge in [-0.3, -0.25) is 4.79 Å². The number of piperidine rings is 1. The zero-order chi connectivity index (χ0) is 19.5. The highest BCUT2D eigenvalue weighted by molar-refractivity contribution is 6.35. The predicted molar refractivity (Wildman–Crippen MR) is 101 cm³/mol. The van der Waals surface area contributed by atoms with Crippen LogP contribution >= 0.6 is 23.2 Å². The number of carbonyl (C=O) groups is 2. The Hall–Kier alpha value is -1.50. The third-order valence-electron chi connectivity index (χ3n) is 4.05. The molecule has 2 rings (SSSR count). The van der Waals surface area contributed by atoms with Crippen LogP contribution in [0.15, 0.2) is 18.2 Å². The summed E-state index contributed by atoms with van der Waals surface area (Å²) in [6.07, 6.45) is 0.309. The average molecular weight is 403 g/mol. The van der Waals surface area contributed by atoms with E-state index in [0.29, 0.717) is 41.5 Å². The Balaban J connectivity index is 1.87. The Morgan fingerprint density at radius 2 is 1.73 bits per heavy atom. The fourth-order valence-corrected chi connectivity index (χ4v) is 3.17. The van der Waals surface area contributed by atoms with E-state index in [4.69, 9.17) is 27.9 Å². The van der Waals surface area contributed by atoms with E-state index in [-0.39, 0.29) is 12.5 Å². The largest absolute Gasteiger partial charge is 0.444 e. The molecule has 2 N–H and O–H groups in total. The lowest BCUT2D eigenvalue weighted by Gasteiger charge is -2.38. The Kier molecular flexibility index (Phi) is 6.42. The number of rotatable bonds is 3. The molecule has 0 aromatic heterocycles. The molecule has 1 fully saturated rings. The molecular weight excluding hydrogens is 379 g/mol. The van der Waals surface area contributed by atoms with Gasteiger partial charge in [0.05, 0.1) is 5.60 Å². The Morgan fingerprint density at radius 1 is 1.19 bits per heavy atom. The summed E-state index contributed by atoms with van der Waals surface area (Å²) >= 11 is 11.8.